The molecule has 1 aliphatic rings. The molecule has 1 fully saturated rings. The first kappa shape index (κ1) is 20.5. The van der Waals surface area contributed by atoms with E-state index in [4.69, 9.17) is 4.74 Å². The summed E-state index contributed by atoms with van der Waals surface area (Å²) in [5, 5.41) is 17.6. The fourth-order valence-corrected chi connectivity index (χ4v) is 3.22. The topological polar surface area (TPSA) is 105 Å². The van der Waals surface area contributed by atoms with Gasteiger partial charge in [0.25, 0.3) is 0 Å². The van der Waals surface area contributed by atoms with Crippen LogP contribution in [-0.4, -0.2) is 40.9 Å². The van der Waals surface area contributed by atoms with E-state index in [-0.39, 0.29) is 18.1 Å². The number of benzene rings is 1. The van der Waals surface area contributed by atoms with E-state index in [1.54, 1.807) is 47.6 Å². The van der Waals surface area contributed by atoms with Crippen LogP contribution in [0.1, 0.15) is 5.56 Å². The summed E-state index contributed by atoms with van der Waals surface area (Å²) in [4.78, 5) is 20.9. The molecule has 1 unspecified atom stereocenters. The van der Waals surface area contributed by atoms with Gasteiger partial charge in [-0.3, -0.25) is 15.1 Å². The van der Waals surface area contributed by atoms with E-state index >= 15 is 0 Å². The highest BCUT2D eigenvalue weighted by atomic mass is 19.1. The summed E-state index contributed by atoms with van der Waals surface area (Å²) >= 11 is 0. The molecule has 1 saturated heterocycles. The lowest BCUT2D eigenvalue weighted by atomic mass is 10.2. The molecule has 0 bridgehead atoms. The number of halogens is 1. The van der Waals surface area contributed by atoms with Crippen molar-refractivity contribution in [3.63, 3.8) is 0 Å². The van der Waals surface area contributed by atoms with Gasteiger partial charge in [0, 0.05) is 42.9 Å². The summed E-state index contributed by atoms with van der Waals surface area (Å²) in [6.45, 7) is 1.47. The Balaban J connectivity index is 1.50. The zero-order chi connectivity index (χ0) is 21.6. The van der Waals surface area contributed by atoms with Crippen LogP contribution in [0.4, 0.5) is 33.1 Å². The Hall–Kier alpha value is -3.79. The maximum absolute atomic E-state index is 14.1. The number of hydrogen-bond acceptors (Lipinski definition) is 8. The maximum atomic E-state index is 14.1. The van der Waals surface area contributed by atoms with Gasteiger partial charge in [-0.05, 0) is 48.0 Å². The second-order valence-electron chi connectivity index (χ2n) is 6.91. The van der Waals surface area contributed by atoms with Crippen molar-refractivity contribution < 1.29 is 14.1 Å². The standard InChI is InChI=1S/C21H21FN6O3/c22-19-14-31-12-11-27(19)17-3-1-16(2-4-17)25-21-18(28(29)30)5-6-20(26-21)24-13-15-7-9-23-10-8-15/h1-10,19H,11-14H2,(H2,24,25,26). The quantitative estimate of drug-likeness (QED) is 0.335. The summed E-state index contributed by atoms with van der Waals surface area (Å²) in [7, 11) is 0. The number of nitrogens with zero attached hydrogens (tertiary/aromatic N) is 4. The summed E-state index contributed by atoms with van der Waals surface area (Å²) < 4.78 is 19.2. The fraction of sp³-hybridized carbons (Fsp3) is 0.238. The van der Waals surface area contributed by atoms with Gasteiger partial charge < -0.3 is 20.3 Å². The number of alkyl halides is 1. The molecule has 160 valence electrons. The number of nitro groups is 1. The van der Waals surface area contributed by atoms with E-state index in [1.807, 2.05) is 12.1 Å². The Morgan fingerprint density at radius 3 is 2.65 bits per heavy atom. The highest BCUT2D eigenvalue weighted by Gasteiger charge is 2.22. The van der Waals surface area contributed by atoms with Crippen LogP contribution in [0.3, 0.4) is 0 Å². The first-order chi connectivity index (χ1) is 15.1. The van der Waals surface area contributed by atoms with Gasteiger partial charge >= 0.3 is 5.69 Å². The zero-order valence-electron chi connectivity index (χ0n) is 16.6. The van der Waals surface area contributed by atoms with Crippen molar-refractivity contribution in [1.82, 2.24) is 9.97 Å². The highest BCUT2D eigenvalue weighted by molar-refractivity contribution is 5.69. The van der Waals surface area contributed by atoms with Crippen molar-refractivity contribution in [2.45, 2.75) is 12.8 Å². The number of hydrogen-bond donors (Lipinski definition) is 2. The van der Waals surface area contributed by atoms with E-state index in [2.05, 4.69) is 20.6 Å². The van der Waals surface area contributed by atoms with Crippen molar-refractivity contribution in [3.05, 3.63) is 76.6 Å². The molecule has 2 N–H and O–H groups in total. The highest BCUT2D eigenvalue weighted by Crippen LogP contribution is 2.29. The van der Waals surface area contributed by atoms with Crippen LogP contribution < -0.4 is 15.5 Å². The molecule has 0 radical (unpaired) electrons. The third-order valence-electron chi connectivity index (χ3n) is 4.83. The van der Waals surface area contributed by atoms with Crippen LogP contribution in [0.25, 0.3) is 0 Å². The number of pyridine rings is 2. The zero-order valence-corrected chi connectivity index (χ0v) is 16.6. The lowest BCUT2D eigenvalue weighted by Crippen LogP contribution is -2.42. The van der Waals surface area contributed by atoms with Gasteiger partial charge in [-0.25, -0.2) is 9.37 Å². The third-order valence-corrected chi connectivity index (χ3v) is 4.83. The molecule has 1 aliphatic heterocycles. The molecule has 0 saturated carbocycles. The number of nitrogens with one attached hydrogen (secondary N) is 2. The van der Waals surface area contributed by atoms with Crippen molar-refractivity contribution >= 4 is 28.7 Å². The van der Waals surface area contributed by atoms with Crippen LogP contribution in [0, 0.1) is 10.1 Å². The number of morpholine rings is 1. The summed E-state index contributed by atoms with van der Waals surface area (Å²) in [5.74, 6) is 0.613. The van der Waals surface area contributed by atoms with Crippen LogP contribution in [0.15, 0.2) is 60.9 Å². The number of ether oxygens (including phenoxy) is 1. The van der Waals surface area contributed by atoms with Gasteiger partial charge in [0.15, 0.2) is 6.30 Å². The summed E-state index contributed by atoms with van der Waals surface area (Å²) in [6, 6.07) is 13.7. The number of aromatic nitrogens is 2. The maximum Gasteiger partial charge on any atom is 0.311 e. The molecule has 0 spiro atoms. The Morgan fingerprint density at radius 2 is 1.94 bits per heavy atom. The molecular formula is C21H21FN6O3. The minimum Gasteiger partial charge on any atom is -0.375 e. The molecule has 3 heterocycles. The van der Waals surface area contributed by atoms with Crippen molar-refractivity contribution in [3.8, 4) is 0 Å². The van der Waals surface area contributed by atoms with E-state index in [0.29, 0.717) is 31.2 Å². The minimum atomic E-state index is -1.20. The smallest absolute Gasteiger partial charge is 0.311 e. The van der Waals surface area contributed by atoms with Gasteiger partial charge in [0.05, 0.1) is 18.1 Å². The SMILES string of the molecule is O=[N+]([O-])c1ccc(NCc2ccncc2)nc1Nc1ccc(N2CCOCC2F)cc1. The van der Waals surface area contributed by atoms with Crippen molar-refractivity contribution in [2.24, 2.45) is 0 Å². The van der Waals surface area contributed by atoms with E-state index < -0.39 is 11.2 Å². The Morgan fingerprint density at radius 1 is 1.16 bits per heavy atom. The van der Waals surface area contributed by atoms with Gasteiger partial charge in [-0.2, -0.15) is 0 Å². The second kappa shape index (κ2) is 9.35. The van der Waals surface area contributed by atoms with E-state index in [0.717, 1.165) is 11.3 Å². The fourth-order valence-electron chi connectivity index (χ4n) is 3.22. The number of rotatable bonds is 7. The summed E-state index contributed by atoms with van der Waals surface area (Å²) in [5.41, 5.74) is 2.19. The largest absolute Gasteiger partial charge is 0.375 e. The normalized spacial score (nSPS) is 16.0. The number of anilines is 4. The Labute approximate surface area is 178 Å². The van der Waals surface area contributed by atoms with Crippen LogP contribution in [-0.2, 0) is 11.3 Å². The van der Waals surface area contributed by atoms with Gasteiger partial charge in [0.2, 0.25) is 5.82 Å². The average molecular weight is 424 g/mol. The van der Waals surface area contributed by atoms with Gasteiger partial charge in [-0.15, -0.1) is 0 Å². The van der Waals surface area contributed by atoms with Gasteiger partial charge in [0.1, 0.15) is 5.82 Å². The Kier molecular flexibility index (Phi) is 6.18. The van der Waals surface area contributed by atoms with Crippen LogP contribution in [0.5, 0.6) is 0 Å². The molecule has 10 heteroatoms. The van der Waals surface area contributed by atoms with Crippen molar-refractivity contribution in [2.75, 3.05) is 35.3 Å². The lowest BCUT2D eigenvalue weighted by molar-refractivity contribution is -0.384. The Bertz CT molecular complexity index is 1040. The molecule has 3 aromatic rings. The van der Waals surface area contributed by atoms with Crippen LogP contribution in [0.2, 0.25) is 0 Å². The molecule has 1 aromatic carbocycles. The molecule has 4 rings (SSSR count). The first-order valence-electron chi connectivity index (χ1n) is 9.74. The molecule has 0 amide bonds. The molecule has 2 aromatic heterocycles. The molecule has 0 aliphatic carbocycles. The van der Waals surface area contributed by atoms with Gasteiger partial charge in [-0.1, -0.05) is 0 Å². The van der Waals surface area contributed by atoms with Crippen molar-refractivity contribution in [1.29, 1.82) is 0 Å². The summed E-state index contributed by atoms with van der Waals surface area (Å²) in [6.07, 6.45) is 2.19. The first-order valence-corrected chi connectivity index (χ1v) is 9.74. The second-order valence-corrected chi connectivity index (χ2v) is 6.91. The molecular weight excluding hydrogens is 403 g/mol. The lowest BCUT2D eigenvalue weighted by Gasteiger charge is -2.32. The third kappa shape index (κ3) is 5.04. The molecule has 9 nitrogen and oxygen atoms in total. The monoisotopic (exact) mass is 424 g/mol. The molecule has 31 heavy (non-hydrogen) atoms. The predicted octanol–water partition coefficient (Wildman–Crippen LogP) is 3.87. The van der Waals surface area contributed by atoms with E-state index in [1.165, 1.54) is 6.07 Å². The average Bonchev–Trinajstić information content (AvgIpc) is 2.79. The van der Waals surface area contributed by atoms with E-state index in [9.17, 15) is 14.5 Å². The van der Waals surface area contributed by atoms with Crippen LogP contribution >= 0.6 is 0 Å². The predicted molar refractivity (Wildman–Crippen MR) is 115 cm³/mol. The minimum absolute atomic E-state index is 0.0371. The molecule has 1 atom stereocenters.